The van der Waals surface area contributed by atoms with Crippen molar-refractivity contribution in [2.24, 2.45) is 11.7 Å². The van der Waals surface area contributed by atoms with E-state index in [4.69, 9.17) is 5.73 Å². The van der Waals surface area contributed by atoms with Gasteiger partial charge in [-0.1, -0.05) is 47.7 Å². The smallest absolute Gasteiger partial charge is 0.277 e. The number of carbonyl (C=O) groups excluding carboxylic acids is 2. The summed E-state index contributed by atoms with van der Waals surface area (Å²) < 4.78 is 1.64. The van der Waals surface area contributed by atoms with Crippen molar-refractivity contribution in [3.63, 3.8) is 0 Å². The summed E-state index contributed by atoms with van der Waals surface area (Å²) in [7, 11) is 0. The highest BCUT2D eigenvalue weighted by Gasteiger charge is 2.23. The lowest BCUT2D eigenvalue weighted by molar-refractivity contribution is -0.123. The molecule has 1 unspecified atom stereocenters. The van der Waals surface area contributed by atoms with Crippen molar-refractivity contribution in [3.8, 4) is 0 Å². The number of nitrogens with two attached hydrogens (primary N) is 1. The minimum absolute atomic E-state index is 0.0670. The van der Waals surface area contributed by atoms with Gasteiger partial charge in [0.05, 0.1) is 18.7 Å². The highest BCUT2D eigenvalue weighted by Crippen LogP contribution is 2.19. The van der Waals surface area contributed by atoms with Crippen LogP contribution in [-0.2, 0) is 17.9 Å². The molecule has 31 heavy (non-hydrogen) atoms. The first-order valence-corrected chi connectivity index (χ1v) is 10.4. The average molecular weight is 419 g/mol. The van der Waals surface area contributed by atoms with E-state index in [1.807, 2.05) is 54.6 Å². The number of amides is 2. The van der Waals surface area contributed by atoms with Crippen molar-refractivity contribution in [2.75, 3.05) is 18.4 Å². The molecular weight excluding hydrogens is 392 g/mol. The molecule has 0 aliphatic carbocycles. The number of aromatic nitrogens is 3. The molecule has 2 amide bonds. The maximum atomic E-state index is 12.5. The number of likely N-dealkylation sites (tertiary alicyclic amines) is 1. The topological polar surface area (TPSA) is 106 Å². The number of nitrogens with zero attached hydrogens (tertiary/aromatic N) is 4. The van der Waals surface area contributed by atoms with Gasteiger partial charge >= 0.3 is 0 Å². The number of hydrogen-bond donors (Lipinski definition) is 2. The predicted octanol–water partition coefficient (Wildman–Crippen LogP) is 2.28. The third-order valence-electron chi connectivity index (χ3n) is 5.48. The minimum Gasteiger partial charge on any atom is -0.369 e. The van der Waals surface area contributed by atoms with Crippen molar-refractivity contribution in [2.45, 2.75) is 25.9 Å². The van der Waals surface area contributed by atoms with Gasteiger partial charge in [0, 0.05) is 18.8 Å². The summed E-state index contributed by atoms with van der Waals surface area (Å²) in [6.45, 7) is 2.97. The van der Waals surface area contributed by atoms with E-state index in [2.05, 4.69) is 20.5 Å². The van der Waals surface area contributed by atoms with Gasteiger partial charge < -0.3 is 11.1 Å². The molecule has 2 aromatic carbocycles. The van der Waals surface area contributed by atoms with Crippen molar-refractivity contribution in [1.82, 2.24) is 19.9 Å². The third kappa shape index (κ3) is 5.55. The van der Waals surface area contributed by atoms with Gasteiger partial charge in [0.25, 0.3) is 5.91 Å². The maximum Gasteiger partial charge on any atom is 0.277 e. The van der Waals surface area contributed by atoms with E-state index in [1.54, 1.807) is 10.9 Å². The van der Waals surface area contributed by atoms with E-state index in [1.165, 1.54) is 0 Å². The van der Waals surface area contributed by atoms with Crippen LogP contribution in [0.2, 0.25) is 0 Å². The molecule has 8 heteroatoms. The van der Waals surface area contributed by atoms with Crippen LogP contribution >= 0.6 is 0 Å². The molecule has 0 bridgehead atoms. The Labute approximate surface area is 181 Å². The van der Waals surface area contributed by atoms with Crippen LogP contribution in [0.3, 0.4) is 0 Å². The Hall–Kier alpha value is -3.52. The largest absolute Gasteiger partial charge is 0.369 e. The molecule has 3 aromatic rings. The highest BCUT2D eigenvalue weighted by molar-refractivity contribution is 6.02. The first-order chi connectivity index (χ1) is 15.1. The fourth-order valence-electron chi connectivity index (χ4n) is 3.83. The lowest BCUT2D eigenvalue weighted by Crippen LogP contribution is -2.40. The Kier molecular flexibility index (Phi) is 6.37. The molecule has 1 saturated heterocycles. The fourth-order valence-corrected chi connectivity index (χ4v) is 3.83. The number of hydrogen-bond acceptors (Lipinski definition) is 5. The Bertz CT molecular complexity index is 1030. The zero-order chi connectivity index (χ0) is 21.6. The molecule has 160 valence electrons. The van der Waals surface area contributed by atoms with Gasteiger partial charge in [-0.2, -0.15) is 0 Å². The van der Waals surface area contributed by atoms with E-state index in [9.17, 15) is 9.59 Å². The van der Waals surface area contributed by atoms with Gasteiger partial charge in [0.2, 0.25) is 5.91 Å². The van der Waals surface area contributed by atoms with Gasteiger partial charge in [-0.25, -0.2) is 4.68 Å². The maximum absolute atomic E-state index is 12.5. The lowest BCUT2D eigenvalue weighted by atomic mass is 9.97. The van der Waals surface area contributed by atoms with Gasteiger partial charge in [-0.15, -0.1) is 5.10 Å². The second-order valence-electron chi connectivity index (χ2n) is 7.91. The van der Waals surface area contributed by atoms with Crippen LogP contribution in [-0.4, -0.2) is 44.8 Å². The summed E-state index contributed by atoms with van der Waals surface area (Å²) >= 11 is 0. The van der Waals surface area contributed by atoms with Gasteiger partial charge in [-0.05, 0) is 42.6 Å². The summed E-state index contributed by atoms with van der Waals surface area (Å²) in [6, 6.07) is 17.6. The molecule has 1 atom stereocenters. The van der Waals surface area contributed by atoms with Gasteiger partial charge in [0.15, 0.2) is 5.69 Å². The van der Waals surface area contributed by atoms with Crippen molar-refractivity contribution < 1.29 is 9.59 Å². The summed E-state index contributed by atoms with van der Waals surface area (Å²) in [5.74, 6) is -0.585. The van der Waals surface area contributed by atoms with Crippen LogP contribution < -0.4 is 11.1 Å². The SMILES string of the molecule is NC(=O)C1CCCN(Cc2ccc(NC(=O)c3cn(Cc4ccccc4)nn3)cc2)C1. The summed E-state index contributed by atoms with van der Waals surface area (Å²) in [5, 5.41) is 10.9. The molecule has 2 heterocycles. The Morgan fingerprint density at radius 2 is 1.77 bits per heavy atom. The number of benzene rings is 2. The van der Waals surface area contributed by atoms with Crippen LogP contribution in [0.1, 0.15) is 34.5 Å². The van der Waals surface area contributed by atoms with E-state index in [0.717, 1.165) is 37.1 Å². The zero-order valence-electron chi connectivity index (χ0n) is 17.3. The number of piperidine rings is 1. The van der Waals surface area contributed by atoms with E-state index < -0.39 is 0 Å². The second kappa shape index (κ2) is 9.53. The van der Waals surface area contributed by atoms with Crippen molar-refractivity contribution in [3.05, 3.63) is 77.6 Å². The first-order valence-electron chi connectivity index (χ1n) is 10.4. The average Bonchev–Trinajstić information content (AvgIpc) is 3.25. The molecule has 3 N–H and O–H groups in total. The molecule has 1 fully saturated rings. The Morgan fingerprint density at radius 3 is 2.52 bits per heavy atom. The Balaban J connectivity index is 1.31. The predicted molar refractivity (Wildman–Crippen MR) is 117 cm³/mol. The van der Waals surface area contributed by atoms with E-state index in [0.29, 0.717) is 18.8 Å². The lowest BCUT2D eigenvalue weighted by Gasteiger charge is -2.31. The van der Waals surface area contributed by atoms with Crippen LogP contribution in [0.4, 0.5) is 5.69 Å². The summed E-state index contributed by atoms with van der Waals surface area (Å²) in [5.41, 5.74) is 8.63. The molecule has 8 nitrogen and oxygen atoms in total. The molecular formula is C23H26N6O2. The number of primary amides is 1. The van der Waals surface area contributed by atoms with Crippen LogP contribution in [0.25, 0.3) is 0 Å². The third-order valence-corrected chi connectivity index (χ3v) is 5.48. The summed E-state index contributed by atoms with van der Waals surface area (Å²) in [4.78, 5) is 26.2. The molecule has 4 rings (SSSR count). The number of carbonyl (C=O) groups is 2. The normalized spacial score (nSPS) is 16.7. The zero-order valence-corrected chi connectivity index (χ0v) is 17.3. The molecule has 0 radical (unpaired) electrons. The molecule has 1 aliphatic heterocycles. The molecule has 0 saturated carbocycles. The van der Waals surface area contributed by atoms with Crippen molar-refractivity contribution in [1.29, 1.82) is 0 Å². The Morgan fingerprint density at radius 1 is 1.03 bits per heavy atom. The monoisotopic (exact) mass is 418 g/mol. The number of anilines is 1. The van der Waals surface area contributed by atoms with E-state index in [-0.39, 0.29) is 23.4 Å². The van der Waals surface area contributed by atoms with Gasteiger partial charge in [0.1, 0.15) is 0 Å². The van der Waals surface area contributed by atoms with Crippen LogP contribution in [0, 0.1) is 5.92 Å². The molecule has 1 aliphatic rings. The quantitative estimate of drug-likeness (QED) is 0.612. The second-order valence-corrected chi connectivity index (χ2v) is 7.91. The number of nitrogens with one attached hydrogen (secondary N) is 1. The summed E-state index contributed by atoms with van der Waals surface area (Å²) in [6.07, 6.45) is 3.49. The standard InChI is InChI=1S/C23H26N6O2/c24-22(30)19-7-4-12-28(15-19)13-18-8-10-20(11-9-18)25-23(31)21-16-29(27-26-21)14-17-5-2-1-3-6-17/h1-3,5-6,8-11,16,19H,4,7,12-15H2,(H2,24,30)(H,25,31). The van der Waals surface area contributed by atoms with E-state index >= 15 is 0 Å². The van der Waals surface area contributed by atoms with Crippen LogP contribution in [0.15, 0.2) is 60.8 Å². The molecule has 0 spiro atoms. The molecule has 1 aromatic heterocycles. The minimum atomic E-state index is -0.299. The van der Waals surface area contributed by atoms with Crippen molar-refractivity contribution >= 4 is 17.5 Å². The number of rotatable bonds is 7. The first kappa shape index (κ1) is 20.7. The highest BCUT2D eigenvalue weighted by atomic mass is 16.2. The fraction of sp³-hybridized carbons (Fsp3) is 0.304. The van der Waals surface area contributed by atoms with Gasteiger partial charge in [-0.3, -0.25) is 14.5 Å². The van der Waals surface area contributed by atoms with Crippen LogP contribution in [0.5, 0.6) is 0 Å².